The topological polar surface area (TPSA) is 99.3 Å². The number of sulfone groups is 1. The molecule has 0 spiro atoms. The number of hydrogen-bond donors (Lipinski definition) is 1. The van der Waals surface area contributed by atoms with Crippen LogP contribution < -0.4 is 10.5 Å². The number of hydrogen-bond acceptors (Lipinski definition) is 5. The van der Waals surface area contributed by atoms with Crippen LogP contribution >= 0.6 is 0 Å². The first-order chi connectivity index (χ1) is 14.6. The fourth-order valence-electron chi connectivity index (χ4n) is 2.89. The summed E-state index contributed by atoms with van der Waals surface area (Å²) in [7, 11) is -4.31. The number of amides is 1. The maximum atomic E-state index is 14.5. The molecule has 6 nitrogen and oxygen atoms in total. The van der Waals surface area contributed by atoms with E-state index in [0.717, 1.165) is 42.5 Å². The van der Waals surface area contributed by atoms with Crippen LogP contribution in [0.5, 0.6) is 5.75 Å². The first kappa shape index (κ1) is 22.3. The van der Waals surface area contributed by atoms with Gasteiger partial charge in [-0.3, -0.25) is 4.79 Å². The Labute approximate surface area is 176 Å². The standard InChI is InChI=1S/C21H17F3N2O4S/c1-12-8-18(21(25)27)26-10-19(12)30-11-20(16-9-14(23)4-7-17(16)24)31(28,29)15-5-2-13(22)3-6-15/h2-10,20H,11H2,1H3,(H2,25,27). The quantitative estimate of drug-likeness (QED) is 0.556. The summed E-state index contributed by atoms with van der Waals surface area (Å²) in [6.07, 6.45) is 1.18. The van der Waals surface area contributed by atoms with Gasteiger partial charge in [0.1, 0.15) is 40.8 Å². The summed E-state index contributed by atoms with van der Waals surface area (Å²) in [4.78, 5) is 14.8. The Kier molecular flexibility index (Phi) is 6.30. The zero-order valence-electron chi connectivity index (χ0n) is 16.2. The van der Waals surface area contributed by atoms with Gasteiger partial charge in [-0.1, -0.05) is 0 Å². The van der Waals surface area contributed by atoms with E-state index in [-0.39, 0.29) is 16.3 Å². The minimum atomic E-state index is -4.31. The summed E-state index contributed by atoms with van der Waals surface area (Å²) in [5, 5.41) is -1.65. The molecule has 10 heteroatoms. The van der Waals surface area contributed by atoms with E-state index in [1.54, 1.807) is 6.92 Å². The van der Waals surface area contributed by atoms with E-state index in [2.05, 4.69) is 4.98 Å². The Morgan fingerprint density at radius 3 is 2.32 bits per heavy atom. The van der Waals surface area contributed by atoms with Crippen molar-refractivity contribution in [2.24, 2.45) is 5.73 Å². The third-order valence-electron chi connectivity index (χ3n) is 4.53. The summed E-state index contributed by atoms with van der Waals surface area (Å²) >= 11 is 0. The van der Waals surface area contributed by atoms with Gasteiger partial charge < -0.3 is 10.5 Å². The largest absolute Gasteiger partial charge is 0.490 e. The van der Waals surface area contributed by atoms with Crippen molar-refractivity contribution >= 4 is 15.7 Å². The highest BCUT2D eigenvalue weighted by Gasteiger charge is 2.33. The molecule has 2 N–H and O–H groups in total. The number of rotatable bonds is 7. The predicted molar refractivity (Wildman–Crippen MR) is 106 cm³/mol. The minimum absolute atomic E-state index is 0.0171. The van der Waals surface area contributed by atoms with Crippen molar-refractivity contribution in [3.8, 4) is 5.75 Å². The molecule has 31 heavy (non-hydrogen) atoms. The van der Waals surface area contributed by atoms with Crippen LogP contribution in [-0.4, -0.2) is 25.9 Å². The van der Waals surface area contributed by atoms with Gasteiger partial charge in [-0.2, -0.15) is 0 Å². The molecule has 0 aliphatic rings. The van der Waals surface area contributed by atoms with Crippen LogP contribution in [0.2, 0.25) is 0 Å². The molecule has 1 atom stereocenters. The van der Waals surface area contributed by atoms with Crippen LogP contribution in [0.3, 0.4) is 0 Å². The molecule has 1 aromatic heterocycles. The van der Waals surface area contributed by atoms with Crippen molar-refractivity contribution in [3.63, 3.8) is 0 Å². The van der Waals surface area contributed by atoms with Crippen molar-refractivity contribution in [2.45, 2.75) is 17.1 Å². The van der Waals surface area contributed by atoms with E-state index in [9.17, 15) is 26.4 Å². The molecule has 2 aromatic carbocycles. The highest BCUT2D eigenvalue weighted by molar-refractivity contribution is 7.91. The number of nitrogens with zero attached hydrogens (tertiary/aromatic N) is 1. The molecule has 0 saturated heterocycles. The monoisotopic (exact) mass is 450 g/mol. The second-order valence-corrected chi connectivity index (χ2v) is 8.79. The number of carbonyl (C=O) groups is 1. The van der Waals surface area contributed by atoms with Crippen molar-refractivity contribution in [3.05, 3.63) is 89.0 Å². The van der Waals surface area contributed by atoms with E-state index < -0.39 is 50.6 Å². The number of aryl methyl sites for hydroxylation is 1. The first-order valence-electron chi connectivity index (χ1n) is 8.93. The Morgan fingerprint density at radius 1 is 1.06 bits per heavy atom. The predicted octanol–water partition coefficient (Wildman–Crippen LogP) is 3.50. The van der Waals surface area contributed by atoms with Gasteiger partial charge in [0.25, 0.3) is 5.91 Å². The molecule has 0 aliphatic heterocycles. The molecule has 3 rings (SSSR count). The van der Waals surface area contributed by atoms with Crippen molar-refractivity contribution in [1.82, 2.24) is 4.98 Å². The molecule has 3 aromatic rings. The van der Waals surface area contributed by atoms with Crippen LogP contribution in [0, 0.1) is 24.4 Å². The van der Waals surface area contributed by atoms with Gasteiger partial charge in [-0.05, 0) is 61.0 Å². The number of primary amides is 1. The highest BCUT2D eigenvalue weighted by atomic mass is 32.2. The second-order valence-electron chi connectivity index (χ2n) is 6.66. The molecule has 162 valence electrons. The van der Waals surface area contributed by atoms with E-state index in [1.165, 1.54) is 12.3 Å². The average Bonchev–Trinajstić information content (AvgIpc) is 2.71. The van der Waals surface area contributed by atoms with Gasteiger partial charge in [-0.15, -0.1) is 0 Å². The molecule has 0 aliphatic carbocycles. The molecule has 1 unspecified atom stereocenters. The summed E-state index contributed by atoms with van der Waals surface area (Å²) < 4.78 is 73.4. The number of aromatic nitrogens is 1. The van der Waals surface area contributed by atoms with Crippen molar-refractivity contribution < 1.29 is 31.1 Å². The highest BCUT2D eigenvalue weighted by Crippen LogP contribution is 2.32. The second kappa shape index (κ2) is 8.76. The van der Waals surface area contributed by atoms with Gasteiger partial charge >= 0.3 is 0 Å². The minimum Gasteiger partial charge on any atom is -0.490 e. The molecule has 0 radical (unpaired) electrons. The third-order valence-corrected chi connectivity index (χ3v) is 6.60. The van der Waals surface area contributed by atoms with Gasteiger partial charge in [0.15, 0.2) is 9.84 Å². The fraction of sp³-hybridized carbons (Fsp3) is 0.143. The van der Waals surface area contributed by atoms with Crippen LogP contribution in [0.4, 0.5) is 13.2 Å². The average molecular weight is 450 g/mol. The summed E-state index contributed by atoms with van der Waals surface area (Å²) in [6.45, 7) is 0.980. The zero-order chi connectivity index (χ0) is 22.8. The number of benzene rings is 2. The van der Waals surface area contributed by atoms with Gasteiger partial charge in [0.2, 0.25) is 0 Å². The normalized spacial score (nSPS) is 12.4. The van der Waals surface area contributed by atoms with Crippen LogP contribution in [0.1, 0.15) is 26.9 Å². The number of carbonyl (C=O) groups excluding carboxylic acids is 1. The van der Waals surface area contributed by atoms with Crippen molar-refractivity contribution in [2.75, 3.05) is 6.61 Å². The molecule has 0 bridgehead atoms. The van der Waals surface area contributed by atoms with E-state index in [0.29, 0.717) is 5.56 Å². The van der Waals surface area contributed by atoms with E-state index >= 15 is 0 Å². The number of ether oxygens (including phenoxy) is 1. The van der Waals surface area contributed by atoms with Gasteiger partial charge in [-0.25, -0.2) is 26.6 Å². The Balaban J connectivity index is 2.02. The summed E-state index contributed by atoms with van der Waals surface area (Å²) in [5.74, 6) is -3.06. The Hall–Kier alpha value is -3.40. The number of halogens is 3. The number of pyridine rings is 1. The first-order valence-corrected chi connectivity index (χ1v) is 10.5. The molecular formula is C21H17F3N2O4S. The SMILES string of the molecule is Cc1cc(C(N)=O)ncc1OCC(c1cc(F)ccc1F)S(=O)(=O)c1ccc(F)cc1. The molecular weight excluding hydrogens is 433 g/mol. The Bertz CT molecular complexity index is 1230. The lowest BCUT2D eigenvalue weighted by molar-refractivity contribution is 0.0995. The van der Waals surface area contributed by atoms with E-state index in [1.807, 2.05) is 0 Å². The van der Waals surface area contributed by atoms with Crippen LogP contribution in [-0.2, 0) is 9.84 Å². The molecule has 0 saturated carbocycles. The maximum Gasteiger partial charge on any atom is 0.267 e. The molecule has 1 heterocycles. The third kappa shape index (κ3) is 4.85. The van der Waals surface area contributed by atoms with Crippen LogP contribution in [0.25, 0.3) is 0 Å². The number of nitrogens with two attached hydrogens (primary N) is 1. The Morgan fingerprint density at radius 2 is 1.71 bits per heavy atom. The maximum absolute atomic E-state index is 14.5. The van der Waals surface area contributed by atoms with Crippen molar-refractivity contribution in [1.29, 1.82) is 0 Å². The smallest absolute Gasteiger partial charge is 0.267 e. The van der Waals surface area contributed by atoms with Gasteiger partial charge in [0, 0.05) is 5.56 Å². The summed E-state index contributed by atoms with van der Waals surface area (Å²) in [6, 6.07) is 7.75. The zero-order valence-corrected chi connectivity index (χ0v) is 17.0. The fourth-order valence-corrected chi connectivity index (χ4v) is 4.50. The van der Waals surface area contributed by atoms with Crippen LogP contribution in [0.15, 0.2) is 59.6 Å². The molecule has 1 amide bonds. The lowest BCUT2D eigenvalue weighted by atomic mass is 10.1. The van der Waals surface area contributed by atoms with Gasteiger partial charge in [0.05, 0.1) is 11.1 Å². The molecule has 0 fully saturated rings. The summed E-state index contributed by atoms with van der Waals surface area (Å²) in [5.41, 5.74) is 5.14. The van der Waals surface area contributed by atoms with E-state index in [4.69, 9.17) is 10.5 Å². The lowest BCUT2D eigenvalue weighted by Gasteiger charge is -2.20. The lowest BCUT2D eigenvalue weighted by Crippen LogP contribution is -2.22.